The molecule has 0 amide bonds. The van der Waals surface area contributed by atoms with E-state index >= 15 is 0 Å². The molecule has 0 unspecified atom stereocenters. The van der Waals surface area contributed by atoms with Crippen molar-refractivity contribution in [1.29, 1.82) is 0 Å². The highest BCUT2D eigenvalue weighted by Crippen LogP contribution is 2.27. The molecule has 0 aliphatic heterocycles. The smallest absolute Gasteiger partial charge is 0.0763 e. The average molecular weight is 235 g/mol. The van der Waals surface area contributed by atoms with Gasteiger partial charge < -0.3 is 10.4 Å². The first-order valence-electron chi connectivity index (χ1n) is 6.17. The summed E-state index contributed by atoms with van der Waals surface area (Å²) in [5.74, 6) is 0. The maximum Gasteiger partial charge on any atom is 0.0763 e. The Morgan fingerprint density at radius 2 is 1.71 bits per heavy atom. The van der Waals surface area contributed by atoms with Gasteiger partial charge in [0.05, 0.1) is 5.60 Å². The summed E-state index contributed by atoms with van der Waals surface area (Å²) in [6.45, 7) is 12.9. The molecule has 0 aromatic heterocycles. The standard InChI is InChI=1S/C15H25NO/c1-11-7-8-12(14(2,3)4)9-13(11)16-10-15(5,6)17/h7-9,16-17H,10H2,1-6H3. The Morgan fingerprint density at radius 3 is 2.18 bits per heavy atom. The van der Waals surface area contributed by atoms with E-state index < -0.39 is 5.60 Å². The van der Waals surface area contributed by atoms with Crippen LogP contribution in [0, 0.1) is 6.92 Å². The summed E-state index contributed by atoms with van der Waals surface area (Å²) in [5, 5.41) is 13.1. The number of anilines is 1. The zero-order valence-electron chi connectivity index (χ0n) is 11.9. The normalized spacial score (nSPS) is 12.6. The Labute approximate surface area is 105 Å². The lowest BCUT2D eigenvalue weighted by molar-refractivity contribution is 0.0945. The molecule has 1 aromatic rings. The molecule has 0 atom stereocenters. The molecule has 0 fully saturated rings. The van der Waals surface area contributed by atoms with E-state index in [2.05, 4.69) is 51.2 Å². The van der Waals surface area contributed by atoms with Crippen LogP contribution in [-0.4, -0.2) is 17.3 Å². The SMILES string of the molecule is Cc1ccc(C(C)(C)C)cc1NCC(C)(C)O. The van der Waals surface area contributed by atoms with Crippen molar-refractivity contribution in [3.63, 3.8) is 0 Å². The van der Waals surface area contributed by atoms with Gasteiger partial charge in [0.15, 0.2) is 0 Å². The van der Waals surface area contributed by atoms with Crippen molar-refractivity contribution < 1.29 is 5.11 Å². The van der Waals surface area contributed by atoms with Crippen LogP contribution in [0.1, 0.15) is 45.7 Å². The summed E-state index contributed by atoms with van der Waals surface area (Å²) in [4.78, 5) is 0. The van der Waals surface area contributed by atoms with Gasteiger partial charge >= 0.3 is 0 Å². The second-order valence-corrected chi connectivity index (χ2v) is 6.45. The number of aryl methyl sites for hydroxylation is 1. The van der Waals surface area contributed by atoms with Gasteiger partial charge in [0.2, 0.25) is 0 Å². The van der Waals surface area contributed by atoms with E-state index in [9.17, 15) is 5.11 Å². The van der Waals surface area contributed by atoms with E-state index in [4.69, 9.17) is 0 Å². The molecule has 1 rings (SSSR count). The molecule has 96 valence electrons. The van der Waals surface area contributed by atoms with Crippen LogP contribution >= 0.6 is 0 Å². The highest BCUT2D eigenvalue weighted by Gasteiger charge is 2.16. The van der Waals surface area contributed by atoms with E-state index in [0.717, 1.165) is 5.69 Å². The molecule has 0 bridgehead atoms. The fourth-order valence-electron chi connectivity index (χ4n) is 1.59. The summed E-state index contributed by atoms with van der Waals surface area (Å²) < 4.78 is 0. The maximum atomic E-state index is 9.74. The lowest BCUT2D eigenvalue weighted by atomic mass is 9.86. The number of hydrogen-bond donors (Lipinski definition) is 2. The van der Waals surface area contributed by atoms with E-state index in [-0.39, 0.29) is 5.41 Å². The largest absolute Gasteiger partial charge is 0.389 e. The molecule has 0 aliphatic carbocycles. The molecule has 0 saturated heterocycles. The van der Waals surface area contributed by atoms with Crippen molar-refractivity contribution in [2.24, 2.45) is 0 Å². The fourth-order valence-corrected chi connectivity index (χ4v) is 1.59. The van der Waals surface area contributed by atoms with Crippen LogP contribution in [0.15, 0.2) is 18.2 Å². The Morgan fingerprint density at radius 1 is 1.12 bits per heavy atom. The Balaban J connectivity index is 2.92. The molecule has 2 nitrogen and oxygen atoms in total. The van der Waals surface area contributed by atoms with Gasteiger partial charge in [0.1, 0.15) is 0 Å². The van der Waals surface area contributed by atoms with Crippen molar-refractivity contribution in [1.82, 2.24) is 0 Å². The van der Waals surface area contributed by atoms with Crippen LogP contribution in [-0.2, 0) is 5.41 Å². The molecule has 0 saturated carbocycles. The summed E-state index contributed by atoms with van der Waals surface area (Å²) in [5.41, 5.74) is 3.09. The van der Waals surface area contributed by atoms with Crippen LogP contribution in [0.3, 0.4) is 0 Å². The predicted octanol–water partition coefficient (Wildman–Crippen LogP) is 3.48. The second-order valence-electron chi connectivity index (χ2n) is 6.45. The molecule has 1 aromatic carbocycles. The van der Waals surface area contributed by atoms with Gasteiger partial charge in [-0.15, -0.1) is 0 Å². The number of nitrogens with one attached hydrogen (secondary N) is 1. The number of aliphatic hydroxyl groups is 1. The Hall–Kier alpha value is -1.02. The molecule has 0 radical (unpaired) electrons. The molecule has 0 heterocycles. The fraction of sp³-hybridized carbons (Fsp3) is 0.600. The Bertz CT molecular complexity index is 383. The minimum absolute atomic E-state index is 0.152. The topological polar surface area (TPSA) is 32.3 Å². The van der Waals surface area contributed by atoms with Crippen LogP contribution in [0.25, 0.3) is 0 Å². The highest BCUT2D eigenvalue weighted by atomic mass is 16.3. The zero-order chi connectivity index (χ0) is 13.3. The van der Waals surface area contributed by atoms with Crippen molar-refractivity contribution >= 4 is 5.69 Å². The third kappa shape index (κ3) is 4.39. The van der Waals surface area contributed by atoms with Gasteiger partial charge in [-0.3, -0.25) is 0 Å². The van der Waals surface area contributed by atoms with Crippen molar-refractivity contribution in [3.05, 3.63) is 29.3 Å². The van der Waals surface area contributed by atoms with Gasteiger partial charge in [-0.25, -0.2) is 0 Å². The molecule has 17 heavy (non-hydrogen) atoms. The minimum atomic E-state index is -0.690. The lowest BCUT2D eigenvalue weighted by Gasteiger charge is -2.23. The summed E-state index contributed by atoms with van der Waals surface area (Å²) >= 11 is 0. The average Bonchev–Trinajstić information content (AvgIpc) is 2.13. The van der Waals surface area contributed by atoms with Crippen molar-refractivity contribution in [3.8, 4) is 0 Å². The minimum Gasteiger partial charge on any atom is -0.389 e. The third-order valence-corrected chi connectivity index (χ3v) is 2.82. The third-order valence-electron chi connectivity index (χ3n) is 2.82. The lowest BCUT2D eigenvalue weighted by Crippen LogP contribution is -2.29. The maximum absolute atomic E-state index is 9.74. The van der Waals surface area contributed by atoms with Crippen LogP contribution in [0.4, 0.5) is 5.69 Å². The molecule has 2 heteroatoms. The first-order valence-corrected chi connectivity index (χ1v) is 6.17. The second kappa shape index (κ2) is 4.69. The van der Waals surface area contributed by atoms with Gasteiger partial charge in [-0.05, 0) is 43.4 Å². The summed E-state index contributed by atoms with van der Waals surface area (Å²) in [7, 11) is 0. The molecule has 0 spiro atoms. The number of rotatable bonds is 3. The molecular weight excluding hydrogens is 210 g/mol. The van der Waals surface area contributed by atoms with E-state index in [1.807, 2.05) is 13.8 Å². The number of benzene rings is 1. The van der Waals surface area contributed by atoms with Crippen LogP contribution in [0.2, 0.25) is 0 Å². The highest BCUT2D eigenvalue weighted by molar-refractivity contribution is 5.54. The first-order chi connectivity index (χ1) is 7.59. The van der Waals surface area contributed by atoms with Crippen LogP contribution in [0.5, 0.6) is 0 Å². The van der Waals surface area contributed by atoms with E-state index in [0.29, 0.717) is 6.54 Å². The van der Waals surface area contributed by atoms with Crippen molar-refractivity contribution in [2.75, 3.05) is 11.9 Å². The predicted molar refractivity (Wildman–Crippen MR) is 74.7 cm³/mol. The summed E-state index contributed by atoms with van der Waals surface area (Å²) in [6, 6.07) is 6.49. The molecule has 2 N–H and O–H groups in total. The van der Waals surface area contributed by atoms with Crippen LogP contribution < -0.4 is 5.32 Å². The van der Waals surface area contributed by atoms with Gasteiger partial charge in [-0.2, -0.15) is 0 Å². The number of hydrogen-bond acceptors (Lipinski definition) is 2. The molecule has 0 aliphatic rings. The van der Waals surface area contributed by atoms with Gasteiger partial charge in [0.25, 0.3) is 0 Å². The summed E-state index contributed by atoms with van der Waals surface area (Å²) in [6.07, 6.45) is 0. The first kappa shape index (κ1) is 14.0. The van der Waals surface area contributed by atoms with Gasteiger partial charge in [0, 0.05) is 12.2 Å². The Kier molecular flexibility index (Phi) is 3.88. The quantitative estimate of drug-likeness (QED) is 0.840. The zero-order valence-corrected chi connectivity index (χ0v) is 11.9. The van der Waals surface area contributed by atoms with Crippen molar-refractivity contribution in [2.45, 2.75) is 52.6 Å². The monoisotopic (exact) mass is 235 g/mol. The van der Waals surface area contributed by atoms with E-state index in [1.54, 1.807) is 0 Å². The molecular formula is C15H25NO. The van der Waals surface area contributed by atoms with E-state index in [1.165, 1.54) is 11.1 Å². The van der Waals surface area contributed by atoms with Gasteiger partial charge in [-0.1, -0.05) is 32.9 Å².